The second-order valence-corrected chi connectivity index (χ2v) is 6.41. The lowest BCUT2D eigenvalue weighted by Gasteiger charge is -2.37. The Morgan fingerprint density at radius 2 is 2.00 bits per heavy atom. The van der Waals surface area contributed by atoms with E-state index in [1.54, 1.807) is 7.11 Å². The number of hydrogen-bond donors (Lipinski definition) is 2. The van der Waals surface area contributed by atoms with Crippen LogP contribution in [0.2, 0.25) is 5.02 Å². The molecule has 0 bridgehead atoms. The van der Waals surface area contributed by atoms with E-state index >= 15 is 0 Å². The normalized spacial score (nSPS) is 17.3. The largest absolute Gasteiger partial charge is 0.493 e. The summed E-state index contributed by atoms with van der Waals surface area (Å²) in [6.07, 6.45) is 1.27. The number of rotatable bonds is 7. The van der Waals surface area contributed by atoms with E-state index in [2.05, 4.69) is 22.8 Å². The number of aryl methyl sites for hydroxylation is 1. The monoisotopic (exact) mass is 341 g/mol. The van der Waals surface area contributed by atoms with Gasteiger partial charge < -0.3 is 20.5 Å². The van der Waals surface area contributed by atoms with Gasteiger partial charge in [0.1, 0.15) is 0 Å². The predicted molar refractivity (Wildman–Crippen MR) is 95.7 cm³/mol. The Kier molecular flexibility index (Phi) is 6.96. The van der Waals surface area contributed by atoms with Crippen molar-refractivity contribution in [3.05, 3.63) is 22.7 Å². The van der Waals surface area contributed by atoms with Crippen molar-refractivity contribution in [1.29, 1.82) is 0 Å². The average Bonchev–Trinajstić information content (AvgIpc) is 2.55. The van der Waals surface area contributed by atoms with Gasteiger partial charge in [-0.15, -0.1) is 0 Å². The molecule has 1 atom stereocenters. The van der Waals surface area contributed by atoms with Gasteiger partial charge in [-0.25, -0.2) is 0 Å². The molecule has 0 aliphatic carbocycles. The van der Waals surface area contributed by atoms with Gasteiger partial charge in [0.15, 0.2) is 5.75 Å². The molecule has 5 nitrogen and oxygen atoms in total. The first kappa shape index (κ1) is 18.3. The van der Waals surface area contributed by atoms with Gasteiger partial charge >= 0.3 is 0 Å². The number of halogens is 1. The van der Waals surface area contributed by atoms with Crippen LogP contribution in [0.4, 0.5) is 5.69 Å². The van der Waals surface area contributed by atoms with E-state index in [-0.39, 0.29) is 6.10 Å². The molecule has 130 valence electrons. The summed E-state index contributed by atoms with van der Waals surface area (Å²) in [6, 6.07) is 4.15. The molecule has 0 unspecified atom stereocenters. The Balaban J connectivity index is 2.03. The minimum atomic E-state index is -0.334. The first-order chi connectivity index (χ1) is 11.1. The van der Waals surface area contributed by atoms with Crippen LogP contribution in [0.5, 0.6) is 5.75 Å². The number of benzene rings is 1. The fourth-order valence-corrected chi connectivity index (χ4v) is 3.34. The number of methoxy groups -OCH3 is 1. The maximum atomic E-state index is 9.90. The van der Waals surface area contributed by atoms with Crippen molar-refractivity contribution in [2.24, 2.45) is 5.73 Å². The summed E-state index contributed by atoms with van der Waals surface area (Å²) in [6.45, 7) is 6.97. The lowest BCUT2D eigenvalue weighted by Crippen LogP contribution is -2.48. The summed E-state index contributed by atoms with van der Waals surface area (Å²) in [5.74, 6) is 0.750. The SMILES string of the molecule is CCc1cc(Cl)c(OC)c(N2CCN(C[C@H](O)CCN)CC2)c1. The molecule has 0 radical (unpaired) electrons. The first-order valence-electron chi connectivity index (χ1n) is 8.30. The molecule has 0 amide bonds. The van der Waals surface area contributed by atoms with Gasteiger partial charge in [-0.05, 0) is 37.1 Å². The second-order valence-electron chi connectivity index (χ2n) is 6.00. The number of hydrogen-bond acceptors (Lipinski definition) is 5. The third-order valence-electron chi connectivity index (χ3n) is 4.38. The minimum absolute atomic E-state index is 0.334. The van der Waals surface area contributed by atoms with Crippen molar-refractivity contribution in [3.8, 4) is 5.75 Å². The molecule has 2 rings (SSSR count). The Bertz CT molecular complexity index is 505. The summed E-state index contributed by atoms with van der Waals surface area (Å²) < 4.78 is 5.51. The van der Waals surface area contributed by atoms with Gasteiger partial charge in [-0.3, -0.25) is 4.90 Å². The fraction of sp³-hybridized carbons (Fsp3) is 0.647. The number of nitrogens with two attached hydrogens (primary N) is 1. The van der Waals surface area contributed by atoms with E-state index in [0.29, 0.717) is 24.5 Å². The van der Waals surface area contributed by atoms with Gasteiger partial charge in [0.25, 0.3) is 0 Å². The van der Waals surface area contributed by atoms with Gasteiger partial charge in [-0.1, -0.05) is 18.5 Å². The van der Waals surface area contributed by atoms with Crippen LogP contribution < -0.4 is 15.4 Å². The molecule has 1 saturated heterocycles. The number of aliphatic hydroxyl groups excluding tert-OH is 1. The summed E-state index contributed by atoms with van der Waals surface area (Å²) in [7, 11) is 1.66. The lowest BCUT2D eigenvalue weighted by molar-refractivity contribution is 0.104. The molecule has 1 aliphatic rings. The van der Waals surface area contributed by atoms with Crippen molar-refractivity contribution >= 4 is 17.3 Å². The zero-order valence-corrected chi connectivity index (χ0v) is 14.9. The van der Waals surface area contributed by atoms with E-state index in [9.17, 15) is 5.11 Å². The zero-order valence-electron chi connectivity index (χ0n) is 14.1. The molecule has 1 fully saturated rings. The van der Waals surface area contributed by atoms with E-state index in [0.717, 1.165) is 44.0 Å². The molecule has 6 heteroatoms. The molecule has 0 spiro atoms. The van der Waals surface area contributed by atoms with Crippen LogP contribution in [0.15, 0.2) is 12.1 Å². The quantitative estimate of drug-likeness (QED) is 0.791. The van der Waals surface area contributed by atoms with Crippen molar-refractivity contribution < 1.29 is 9.84 Å². The molecule has 0 saturated carbocycles. The number of β-amino-alcohol motifs (C(OH)–C–C–N with tert-alkyl or cyclic N) is 1. The highest BCUT2D eigenvalue weighted by atomic mass is 35.5. The highest BCUT2D eigenvalue weighted by Gasteiger charge is 2.22. The third kappa shape index (κ3) is 4.73. The molecule has 1 aromatic carbocycles. The predicted octanol–water partition coefficient (Wildman–Crippen LogP) is 1.74. The first-order valence-corrected chi connectivity index (χ1v) is 8.68. The third-order valence-corrected chi connectivity index (χ3v) is 4.66. The Labute approximate surface area is 144 Å². The van der Waals surface area contributed by atoms with Gasteiger partial charge in [0.05, 0.1) is 23.9 Å². The van der Waals surface area contributed by atoms with Gasteiger partial charge in [-0.2, -0.15) is 0 Å². The molecular weight excluding hydrogens is 314 g/mol. The van der Waals surface area contributed by atoms with Crippen molar-refractivity contribution in [1.82, 2.24) is 4.90 Å². The Morgan fingerprint density at radius 1 is 1.30 bits per heavy atom. The van der Waals surface area contributed by atoms with Crippen LogP contribution in [-0.4, -0.2) is 62.5 Å². The standard InChI is InChI=1S/C17H28ClN3O2/c1-3-13-10-15(18)17(23-2)16(11-13)21-8-6-20(7-9-21)12-14(22)4-5-19/h10-11,14,22H,3-9,12,19H2,1-2H3/t14-/m1/s1. The smallest absolute Gasteiger partial charge is 0.160 e. The topological polar surface area (TPSA) is 62.0 Å². The summed E-state index contributed by atoms with van der Waals surface area (Å²) in [5.41, 5.74) is 7.78. The Morgan fingerprint density at radius 3 is 2.57 bits per heavy atom. The summed E-state index contributed by atoms with van der Waals surface area (Å²) in [5, 5.41) is 10.6. The van der Waals surface area contributed by atoms with Crippen LogP contribution in [0, 0.1) is 0 Å². The molecule has 1 aliphatic heterocycles. The van der Waals surface area contributed by atoms with Crippen molar-refractivity contribution in [2.75, 3.05) is 51.3 Å². The zero-order chi connectivity index (χ0) is 16.8. The minimum Gasteiger partial charge on any atom is -0.493 e. The van der Waals surface area contributed by atoms with E-state index in [1.165, 1.54) is 5.56 Å². The highest BCUT2D eigenvalue weighted by molar-refractivity contribution is 6.32. The molecule has 0 aromatic heterocycles. The summed E-state index contributed by atoms with van der Waals surface area (Å²) >= 11 is 6.36. The van der Waals surface area contributed by atoms with Crippen LogP contribution >= 0.6 is 11.6 Å². The molecule has 23 heavy (non-hydrogen) atoms. The fourth-order valence-electron chi connectivity index (χ4n) is 3.03. The number of ether oxygens (including phenoxy) is 1. The number of anilines is 1. The van der Waals surface area contributed by atoms with Gasteiger partial charge in [0.2, 0.25) is 0 Å². The maximum Gasteiger partial charge on any atom is 0.160 e. The Hall–Kier alpha value is -1.01. The van der Waals surface area contributed by atoms with Crippen LogP contribution in [0.25, 0.3) is 0 Å². The van der Waals surface area contributed by atoms with Crippen LogP contribution in [-0.2, 0) is 6.42 Å². The molecule has 1 heterocycles. The number of nitrogens with zero attached hydrogens (tertiary/aromatic N) is 2. The van der Waals surface area contributed by atoms with E-state index < -0.39 is 0 Å². The maximum absolute atomic E-state index is 9.90. The lowest BCUT2D eigenvalue weighted by atomic mass is 10.1. The highest BCUT2D eigenvalue weighted by Crippen LogP contribution is 2.37. The second kappa shape index (κ2) is 8.73. The number of aliphatic hydroxyl groups is 1. The molecule has 1 aromatic rings. The number of piperazine rings is 1. The average molecular weight is 342 g/mol. The summed E-state index contributed by atoms with van der Waals surface area (Å²) in [4.78, 5) is 4.60. The van der Waals surface area contributed by atoms with Crippen molar-refractivity contribution in [2.45, 2.75) is 25.9 Å². The van der Waals surface area contributed by atoms with Crippen LogP contribution in [0.3, 0.4) is 0 Å². The van der Waals surface area contributed by atoms with Crippen LogP contribution in [0.1, 0.15) is 18.9 Å². The molecule has 3 N–H and O–H groups in total. The van der Waals surface area contributed by atoms with Crippen molar-refractivity contribution in [3.63, 3.8) is 0 Å². The van der Waals surface area contributed by atoms with E-state index in [1.807, 2.05) is 6.07 Å². The molecular formula is C17H28ClN3O2. The van der Waals surface area contributed by atoms with E-state index in [4.69, 9.17) is 22.1 Å². The van der Waals surface area contributed by atoms with Gasteiger partial charge in [0, 0.05) is 32.7 Å².